The SMILES string of the molecule is Fc1c(CNC(=S)Nc2ccccc2-c2ccccc2)cccc1C(F)(F)F. The van der Waals surface area contributed by atoms with Crippen molar-refractivity contribution in [1.82, 2.24) is 5.32 Å². The van der Waals surface area contributed by atoms with E-state index in [9.17, 15) is 17.6 Å². The number of rotatable bonds is 4. The molecule has 2 N–H and O–H groups in total. The fraction of sp³-hybridized carbons (Fsp3) is 0.0952. The third-order valence-electron chi connectivity index (χ3n) is 4.08. The average Bonchev–Trinajstić information content (AvgIpc) is 2.67. The van der Waals surface area contributed by atoms with Crippen molar-refractivity contribution in [2.45, 2.75) is 12.7 Å². The van der Waals surface area contributed by atoms with Crippen LogP contribution in [0.4, 0.5) is 23.2 Å². The monoisotopic (exact) mass is 404 g/mol. The van der Waals surface area contributed by atoms with Crippen LogP contribution in [0.25, 0.3) is 11.1 Å². The van der Waals surface area contributed by atoms with E-state index in [-0.39, 0.29) is 17.2 Å². The maximum absolute atomic E-state index is 14.1. The third-order valence-corrected chi connectivity index (χ3v) is 4.33. The Morgan fingerprint density at radius 3 is 2.25 bits per heavy atom. The lowest BCUT2D eigenvalue weighted by Crippen LogP contribution is -2.28. The van der Waals surface area contributed by atoms with E-state index in [0.717, 1.165) is 16.8 Å². The van der Waals surface area contributed by atoms with E-state index in [2.05, 4.69) is 10.6 Å². The molecule has 0 radical (unpaired) electrons. The normalized spacial score (nSPS) is 11.1. The van der Waals surface area contributed by atoms with E-state index >= 15 is 0 Å². The Labute approximate surface area is 165 Å². The predicted molar refractivity (Wildman–Crippen MR) is 106 cm³/mol. The Morgan fingerprint density at radius 2 is 1.54 bits per heavy atom. The van der Waals surface area contributed by atoms with E-state index in [1.165, 1.54) is 12.1 Å². The second-order valence-corrected chi connectivity index (χ2v) is 6.40. The number of halogens is 4. The fourth-order valence-corrected chi connectivity index (χ4v) is 2.92. The number of hydrogen-bond donors (Lipinski definition) is 2. The largest absolute Gasteiger partial charge is 0.419 e. The molecule has 0 saturated carbocycles. The standard InChI is InChI=1S/C21H16F4N2S/c22-19-15(9-6-11-17(19)21(23,24)25)13-26-20(28)27-18-12-5-4-10-16(18)14-7-2-1-3-8-14/h1-12H,13H2,(H2,26,27,28). The molecule has 0 aliphatic rings. The number of nitrogens with one attached hydrogen (secondary N) is 2. The molecule has 0 atom stereocenters. The molecule has 0 amide bonds. The van der Waals surface area contributed by atoms with Crippen LogP contribution >= 0.6 is 12.2 Å². The van der Waals surface area contributed by atoms with Crippen molar-refractivity contribution in [3.05, 3.63) is 89.7 Å². The lowest BCUT2D eigenvalue weighted by Gasteiger charge is -2.15. The lowest BCUT2D eigenvalue weighted by atomic mass is 10.0. The van der Waals surface area contributed by atoms with Gasteiger partial charge in [0.15, 0.2) is 5.11 Å². The van der Waals surface area contributed by atoms with Crippen LogP contribution in [0.5, 0.6) is 0 Å². The number of hydrogen-bond acceptors (Lipinski definition) is 1. The minimum Gasteiger partial charge on any atom is -0.358 e. The van der Waals surface area contributed by atoms with Gasteiger partial charge in [-0.1, -0.05) is 60.7 Å². The minimum absolute atomic E-state index is 0.115. The number of alkyl halides is 3. The first-order valence-electron chi connectivity index (χ1n) is 8.40. The summed E-state index contributed by atoms with van der Waals surface area (Å²) in [6, 6.07) is 20.3. The summed E-state index contributed by atoms with van der Waals surface area (Å²) in [4.78, 5) is 0. The average molecular weight is 404 g/mol. The van der Waals surface area contributed by atoms with Gasteiger partial charge in [0, 0.05) is 23.4 Å². The minimum atomic E-state index is -4.74. The number of benzene rings is 3. The lowest BCUT2D eigenvalue weighted by molar-refractivity contribution is -0.140. The molecule has 28 heavy (non-hydrogen) atoms. The summed E-state index contributed by atoms with van der Waals surface area (Å²) in [5.41, 5.74) is 1.22. The van der Waals surface area contributed by atoms with Crippen molar-refractivity contribution in [3.63, 3.8) is 0 Å². The molecule has 3 aromatic carbocycles. The molecule has 0 aliphatic carbocycles. The molecule has 0 unspecified atom stereocenters. The smallest absolute Gasteiger partial charge is 0.358 e. The molecule has 0 bridgehead atoms. The van der Waals surface area contributed by atoms with Crippen molar-refractivity contribution in [1.29, 1.82) is 0 Å². The molecule has 0 aromatic heterocycles. The van der Waals surface area contributed by atoms with Crippen molar-refractivity contribution in [3.8, 4) is 11.1 Å². The summed E-state index contributed by atoms with van der Waals surface area (Å²) < 4.78 is 52.6. The van der Waals surface area contributed by atoms with Gasteiger partial charge in [0.2, 0.25) is 0 Å². The van der Waals surface area contributed by atoms with Crippen molar-refractivity contribution >= 4 is 23.0 Å². The highest BCUT2D eigenvalue weighted by atomic mass is 32.1. The maximum Gasteiger partial charge on any atom is 0.419 e. The van der Waals surface area contributed by atoms with E-state index in [1.54, 1.807) is 0 Å². The second-order valence-electron chi connectivity index (χ2n) is 6.00. The summed E-state index contributed by atoms with van der Waals surface area (Å²) in [6.45, 7) is -0.172. The number of thiocarbonyl (C=S) groups is 1. The molecule has 2 nitrogen and oxygen atoms in total. The van der Waals surface area contributed by atoms with Gasteiger partial charge in [0.1, 0.15) is 5.82 Å². The summed E-state index contributed by atoms with van der Waals surface area (Å²) >= 11 is 5.23. The van der Waals surface area contributed by atoms with Gasteiger partial charge in [0.05, 0.1) is 5.56 Å². The first-order valence-corrected chi connectivity index (χ1v) is 8.81. The summed E-state index contributed by atoms with van der Waals surface area (Å²) in [6.07, 6.45) is -4.74. The molecule has 7 heteroatoms. The van der Waals surface area contributed by atoms with Crippen molar-refractivity contribution < 1.29 is 17.6 Å². The first-order chi connectivity index (χ1) is 13.4. The fourth-order valence-electron chi connectivity index (χ4n) is 2.74. The topological polar surface area (TPSA) is 24.1 Å². The van der Waals surface area contributed by atoms with E-state index < -0.39 is 17.6 Å². The van der Waals surface area contributed by atoms with Crippen LogP contribution in [0.15, 0.2) is 72.8 Å². The van der Waals surface area contributed by atoms with Crippen LogP contribution in [0, 0.1) is 5.82 Å². The zero-order chi connectivity index (χ0) is 20.1. The van der Waals surface area contributed by atoms with Gasteiger partial charge < -0.3 is 10.6 Å². The molecule has 0 saturated heterocycles. The van der Waals surface area contributed by atoms with Crippen LogP contribution in [0.1, 0.15) is 11.1 Å². The van der Waals surface area contributed by atoms with Crippen LogP contribution in [-0.2, 0) is 12.7 Å². The van der Waals surface area contributed by atoms with Crippen LogP contribution < -0.4 is 10.6 Å². The highest BCUT2D eigenvalue weighted by Crippen LogP contribution is 2.32. The zero-order valence-corrected chi connectivity index (χ0v) is 15.4. The molecule has 144 valence electrons. The number of para-hydroxylation sites is 1. The van der Waals surface area contributed by atoms with Gasteiger partial charge in [-0.25, -0.2) is 4.39 Å². The number of anilines is 1. The molecule has 0 heterocycles. The zero-order valence-electron chi connectivity index (χ0n) is 14.6. The Balaban J connectivity index is 1.72. The second kappa shape index (κ2) is 8.39. The van der Waals surface area contributed by atoms with Crippen molar-refractivity contribution in [2.24, 2.45) is 0 Å². The first kappa shape index (κ1) is 19.8. The van der Waals surface area contributed by atoms with Crippen LogP contribution in [0.3, 0.4) is 0 Å². The Kier molecular flexibility index (Phi) is 5.94. The van der Waals surface area contributed by atoms with Crippen molar-refractivity contribution in [2.75, 3.05) is 5.32 Å². The summed E-state index contributed by atoms with van der Waals surface area (Å²) in [7, 11) is 0. The predicted octanol–water partition coefficient (Wildman–Crippen LogP) is 6.00. The molecule has 3 aromatic rings. The van der Waals surface area contributed by atoms with E-state index in [1.807, 2.05) is 54.6 Å². The molecule has 0 spiro atoms. The quantitative estimate of drug-likeness (QED) is 0.412. The van der Waals surface area contributed by atoms with E-state index in [0.29, 0.717) is 6.07 Å². The Hall–Kier alpha value is -2.93. The Bertz CT molecular complexity index is 972. The molecular weight excluding hydrogens is 388 g/mol. The van der Waals surface area contributed by atoms with Gasteiger partial charge in [-0.3, -0.25) is 0 Å². The van der Waals surface area contributed by atoms with Gasteiger partial charge in [-0.05, 0) is 29.9 Å². The van der Waals surface area contributed by atoms with Crippen LogP contribution in [-0.4, -0.2) is 5.11 Å². The maximum atomic E-state index is 14.1. The highest BCUT2D eigenvalue weighted by Gasteiger charge is 2.34. The van der Waals surface area contributed by atoms with Gasteiger partial charge in [-0.15, -0.1) is 0 Å². The summed E-state index contributed by atoms with van der Waals surface area (Å²) in [5, 5.41) is 5.96. The molecular formula is C21H16F4N2S. The molecule has 0 aliphatic heterocycles. The van der Waals surface area contributed by atoms with Gasteiger partial charge in [-0.2, -0.15) is 13.2 Å². The van der Waals surface area contributed by atoms with Gasteiger partial charge >= 0.3 is 6.18 Å². The Morgan fingerprint density at radius 1 is 0.857 bits per heavy atom. The van der Waals surface area contributed by atoms with E-state index in [4.69, 9.17) is 12.2 Å². The molecule has 0 fully saturated rings. The van der Waals surface area contributed by atoms with Crippen LogP contribution in [0.2, 0.25) is 0 Å². The summed E-state index contributed by atoms with van der Waals surface area (Å²) in [5.74, 6) is -1.30. The molecule has 3 rings (SSSR count). The van der Waals surface area contributed by atoms with Gasteiger partial charge in [0.25, 0.3) is 0 Å². The third kappa shape index (κ3) is 4.67. The highest BCUT2D eigenvalue weighted by molar-refractivity contribution is 7.80.